The molecule has 3 nitrogen and oxygen atoms in total. The van der Waals surface area contributed by atoms with Crippen LogP contribution in [0.1, 0.15) is 5.56 Å². The van der Waals surface area contributed by atoms with E-state index in [0.29, 0.717) is 6.04 Å². The lowest BCUT2D eigenvalue weighted by molar-refractivity contribution is 0.0211. The molecular formula is C10H14N2O. The molecule has 70 valence electrons. The number of nitrogen functional groups attached to an aromatic ring is 1. The number of nitrogens with two attached hydrogens (primary N) is 1. The van der Waals surface area contributed by atoms with E-state index in [4.69, 9.17) is 10.5 Å². The van der Waals surface area contributed by atoms with Crippen LogP contribution >= 0.6 is 0 Å². The Labute approximate surface area is 77.9 Å². The minimum atomic E-state index is 0.459. The molecule has 0 spiro atoms. The third-order valence-electron chi connectivity index (χ3n) is 2.11. The molecule has 0 radical (unpaired) electrons. The van der Waals surface area contributed by atoms with E-state index in [1.54, 1.807) is 0 Å². The van der Waals surface area contributed by atoms with Gasteiger partial charge in [-0.05, 0) is 30.7 Å². The van der Waals surface area contributed by atoms with Crippen LogP contribution in [0, 0.1) is 6.92 Å². The average molecular weight is 178 g/mol. The van der Waals surface area contributed by atoms with Crippen LogP contribution in [0.2, 0.25) is 0 Å². The fourth-order valence-corrected chi connectivity index (χ4v) is 1.45. The monoisotopic (exact) mass is 178 g/mol. The number of rotatable bonds is 2. The minimum absolute atomic E-state index is 0.459. The first-order chi connectivity index (χ1) is 6.24. The van der Waals surface area contributed by atoms with Crippen molar-refractivity contribution in [1.29, 1.82) is 0 Å². The molecule has 3 N–H and O–H groups in total. The Hall–Kier alpha value is -1.22. The van der Waals surface area contributed by atoms with Crippen LogP contribution in [-0.4, -0.2) is 19.3 Å². The zero-order valence-electron chi connectivity index (χ0n) is 7.71. The lowest BCUT2D eigenvalue weighted by Crippen LogP contribution is -2.40. The maximum atomic E-state index is 5.72. The molecule has 1 fully saturated rings. The van der Waals surface area contributed by atoms with Gasteiger partial charge in [-0.15, -0.1) is 0 Å². The Balaban J connectivity index is 2.10. The molecule has 1 aromatic carbocycles. The summed E-state index contributed by atoms with van der Waals surface area (Å²) >= 11 is 0. The van der Waals surface area contributed by atoms with E-state index in [0.717, 1.165) is 24.6 Å². The molecule has 0 unspecified atom stereocenters. The smallest absolute Gasteiger partial charge is 0.0728 e. The summed E-state index contributed by atoms with van der Waals surface area (Å²) in [4.78, 5) is 0. The predicted molar refractivity (Wildman–Crippen MR) is 53.8 cm³/mol. The van der Waals surface area contributed by atoms with E-state index < -0.39 is 0 Å². The third-order valence-corrected chi connectivity index (χ3v) is 2.11. The first-order valence-corrected chi connectivity index (χ1v) is 4.45. The topological polar surface area (TPSA) is 47.3 Å². The second-order valence-corrected chi connectivity index (χ2v) is 3.51. The molecule has 0 aliphatic carbocycles. The Morgan fingerprint density at radius 2 is 2.15 bits per heavy atom. The summed E-state index contributed by atoms with van der Waals surface area (Å²) in [5.41, 5.74) is 8.80. The van der Waals surface area contributed by atoms with Gasteiger partial charge in [-0.2, -0.15) is 0 Å². The molecule has 1 saturated heterocycles. The van der Waals surface area contributed by atoms with Crippen molar-refractivity contribution in [2.45, 2.75) is 13.0 Å². The van der Waals surface area contributed by atoms with Crippen molar-refractivity contribution in [2.24, 2.45) is 0 Å². The maximum absolute atomic E-state index is 5.72. The molecule has 0 saturated carbocycles. The molecule has 0 amide bonds. The minimum Gasteiger partial charge on any atom is -0.399 e. The summed E-state index contributed by atoms with van der Waals surface area (Å²) in [6.45, 7) is 3.64. The van der Waals surface area contributed by atoms with Gasteiger partial charge in [-0.3, -0.25) is 0 Å². The van der Waals surface area contributed by atoms with Gasteiger partial charge in [0, 0.05) is 11.4 Å². The molecule has 1 heterocycles. The highest BCUT2D eigenvalue weighted by Crippen LogP contribution is 2.18. The average Bonchev–Trinajstić information content (AvgIpc) is 1.95. The lowest BCUT2D eigenvalue weighted by Gasteiger charge is -2.28. The molecule has 2 rings (SSSR count). The number of hydrogen-bond acceptors (Lipinski definition) is 3. The Kier molecular flexibility index (Phi) is 2.10. The molecule has 0 bridgehead atoms. The van der Waals surface area contributed by atoms with Gasteiger partial charge >= 0.3 is 0 Å². The van der Waals surface area contributed by atoms with Gasteiger partial charge in [0.15, 0.2) is 0 Å². The van der Waals surface area contributed by atoms with Crippen LogP contribution < -0.4 is 11.1 Å². The third kappa shape index (κ3) is 1.92. The highest BCUT2D eigenvalue weighted by atomic mass is 16.5. The van der Waals surface area contributed by atoms with Crippen LogP contribution in [-0.2, 0) is 4.74 Å². The van der Waals surface area contributed by atoms with Crippen molar-refractivity contribution in [3.8, 4) is 0 Å². The SMILES string of the molecule is Cc1cc(N)cc(NC2COC2)c1. The molecule has 13 heavy (non-hydrogen) atoms. The summed E-state index contributed by atoms with van der Waals surface area (Å²) in [5, 5.41) is 3.36. The molecule has 1 aliphatic heterocycles. The van der Waals surface area contributed by atoms with Crippen molar-refractivity contribution in [3.05, 3.63) is 23.8 Å². The Morgan fingerprint density at radius 3 is 2.69 bits per heavy atom. The van der Waals surface area contributed by atoms with Gasteiger partial charge in [0.25, 0.3) is 0 Å². The van der Waals surface area contributed by atoms with E-state index in [9.17, 15) is 0 Å². The van der Waals surface area contributed by atoms with E-state index in [1.165, 1.54) is 5.56 Å². The molecule has 1 aromatic rings. The van der Waals surface area contributed by atoms with Crippen LogP contribution in [0.5, 0.6) is 0 Å². The van der Waals surface area contributed by atoms with Gasteiger partial charge in [-0.25, -0.2) is 0 Å². The maximum Gasteiger partial charge on any atom is 0.0728 e. The lowest BCUT2D eigenvalue weighted by atomic mass is 10.1. The van der Waals surface area contributed by atoms with Crippen molar-refractivity contribution in [3.63, 3.8) is 0 Å². The highest BCUT2D eigenvalue weighted by molar-refractivity contribution is 5.57. The molecule has 3 heteroatoms. The first-order valence-electron chi connectivity index (χ1n) is 4.45. The number of benzene rings is 1. The predicted octanol–water partition coefficient (Wildman–Crippen LogP) is 1.39. The molecule has 0 atom stereocenters. The summed E-state index contributed by atoms with van der Waals surface area (Å²) in [6, 6.07) is 6.46. The standard InChI is InChI=1S/C10H14N2O/c1-7-2-8(11)4-9(3-7)12-10-5-13-6-10/h2-4,10,12H,5-6,11H2,1H3. The molecule has 0 aromatic heterocycles. The van der Waals surface area contributed by atoms with Crippen molar-refractivity contribution in [2.75, 3.05) is 24.3 Å². The molecular weight excluding hydrogens is 164 g/mol. The van der Waals surface area contributed by atoms with Gasteiger partial charge in [0.1, 0.15) is 0 Å². The van der Waals surface area contributed by atoms with E-state index >= 15 is 0 Å². The summed E-state index contributed by atoms with van der Waals surface area (Å²) in [7, 11) is 0. The van der Waals surface area contributed by atoms with E-state index in [2.05, 4.69) is 11.4 Å². The second-order valence-electron chi connectivity index (χ2n) is 3.51. The van der Waals surface area contributed by atoms with Crippen LogP contribution in [0.3, 0.4) is 0 Å². The van der Waals surface area contributed by atoms with Crippen LogP contribution in [0.25, 0.3) is 0 Å². The number of ether oxygens (including phenoxy) is 1. The zero-order valence-corrected chi connectivity index (χ0v) is 7.71. The number of anilines is 2. The largest absolute Gasteiger partial charge is 0.399 e. The first kappa shape index (κ1) is 8.38. The normalized spacial score (nSPS) is 16.7. The van der Waals surface area contributed by atoms with E-state index in [-0.39, 0.29) is 0 Å². The van der Waals surface area contributed by atoms with Gasteiger partial charge in [-0.1, -0.05) is 0 Å². The summed E-state index contributed by atoms with van der Waals surface area (Å²) in [6.07, 6.45) is 0. The van der Waals surface area contributed by atoms with Gasteiger partial charge < -0.3 is 15.8 Å². The number of hydrogen-bond donors (Lipinski definition) is 2. The number of aryl methyl sites for hydroxylation is 1. The van der Waals surface area contributed by atoms with Crippen LogP contribution in [0.4, 0.5) is 11.4 Å². The number of nitrogens with one attached hydrogen (secondary N) is 1. The second kappa shape index (κ2) is 3.26. The van der Waals surface area contributed by atoms with E-state index in [1.807, 2.05) is 19.1 Å². The highest BCUT2D eigenvalue weighted by Gasteiger charge is 2.17. The fourth-order valence-electron chi connectivity index (χ4n) is 1.45. The van der Waals surface area contributed by atoms with Crippen molar-refractivity contribution >= 4 is 11.4 Å². The quantitative estimate of drug-likeness (QED) is 0.673. The zero-order chi connectivity index (χ0) is 9.26. The van der Waals surface area contributed by atoms with Crippen LogP contribution in [0.15, 0.2) is 18.2 Å². The van der Waals surface area contributed by atoms with Gasteiger partial charge in [0.05, 0.1) is 19.3 Å². The Bertz CT molecular complexity index is 288. The van der Waals surface area contributed by atoms with Crippen molar-refractivity contribution in [1.82, 2.24) is 0 Å². The summed E-state index contributed by atoms with van der Waals surface area (Å²) < 4.78 is 5.07. The van der Waals surface area contributed by atoms with Crippen molar-refractivity contribution < 1.29 is 4.74 Å². The fraction of sp³-hybridized carbons (Fsp3) is 0.400. The summed E-state index contributed by atoms with van der Waals surface area (Å²) in [5.74, 6) is 0. The Morgan fingerprint density at radius 1 is 1.38 bits per heavy atom. The molecule has 1 aliphatic rings. The van der Waals surface area contributed by atoms with Gasteiger partial charge in [0.2, 0.25) is 0 Å².